The zero-order chi connectivity index (χ0) is 19.0. The van der Waals surface area contributed by atoms with Crippen molar-refractivity contribution in [3.8, 4) is 11.5 Å². The molecule has 27 heavy (non-hydrogen) atoms. The topological polar surface area (TPSA) is 89.4 Å². The Morgan fingerprint density at radius 2 is 2.11 bits per heavy atom. The number of aliphatic imine (C=N–C) groups is 2. The number of rotatable bonds is 5. The second-order valence-electron chi connectivity index (χ2n) is 6.20. The van der Waals surface area contributed by atoms with Crippen LogP contribution in [-0.4, -0.2) is 41.0 Å². The number of hydrogen-bond donors (Lipinski definition) is 1. The Balaban J connectivity index is 1.29. The summed E-state index contributed by atoms with van der Waals surface area (Å²) in [5, 5.41) is 3.61. The first-order valence-corrected chi connectivity index (χ1v) is 10.3. The molecular weight excluding hydrogens is 386 g/mol. The number of nitrogens with zero attached hydrogens (tertiary/aromatic N) is 2. The fraction of sp³-hybridized carbons (Fsp3) is 0.333. The van der Waals surface area contributed by atoms with Crippen LogP contribution in [0.5, 0.6) is 11.5 Å². The molecule has 3 aliphatic heterocycles. The predicted octanol–water partition coefficient (Wildman–Crippen LogP) is 3.08. The summed E-state index contributed by atoms with van der Waals surface area (Å²) in [6.07, 6.45) is 0. The standard InChI is InChI=1S/C18H17N3O4S2/c1-9-10(2)27-18-16(9)17(23)20-14(21-18)6-26-7-15(22)19-11-3-4-12-13(5-11)25-8-24-12/h3-5,16H,6-8H2,1-2H3,(H,19,22). The quantitative estimate of drug-likeness (QED) is 0.813. The number of amides is 2. The van der Waals surface area contributed by atoms with Gasteiger partial charge in [0.05, 0.1) is 16.5 Å². The molecule has 1 aromatic carbocycles. The Morgan fingerprint density at radius 3 is 2.96 bits per heavy atom. The summed E-state index contributed by atoms with van der Waals surface area (Å²) in [4.78, 5) is 34.1. The highest BCUT2D eigenvalue weighted by Crippen LogP contribution is 2.40. The lowest BCUT2D eigenvalue weighted by Gasteiger charge is -2.14. The van der Waals surface area contributed by atoms with Crippen LogP contribution in [0.25, 0.3) is 0 Å². The molecule has 1 N–H and O–H groups in total. The molecule has 0 saturated carbocycles. The first-order chi connectivity index (χ1) is 13.0. The number of ether oxygens (including phenoxy) is 2. The van der Waals surface area contributed by atoms with Gasteiger partial charge in [0.2, 0.25) is 12.7 Å². The summed E-state index contributed by atoms with van der Waals surface area (Å²) in [5.41, 5.74) is 1.68. The molecule has 0 spiro atoms. The Bertz CT molecular complexity index is 923. The average molecular weight is 403 g/mol. The van der Waals surface area contributed by atoms with E-state index in [1.807, 2.05) is 13.8 Å². The summed E-state index contributed by atoms with van der Waals surface area (Å²) < 4.78 is 10.5. The van der Waals surface area contributed by atoms with Gasteiger partial charge in [-0.2, -0.15) is 4.99 Å². The molecule has 1 aromatic rings. The van der Waals surface area contributed by atoms with E-state index < -0.39 is 0 Å². The number of carbonyl (C=O) groups excluding carboxylic acids is 2. The number of carbonyl (C=O) groups is 2. The third-order valence-electron chi connectivity index (χ3n) is 4.34. The molecule has 0 bridgehead atoms. The highest BCUT2D eigenvalue weighted by molar-refractivity contribution is 8.17. The molecule has 3 heterocycles. The van der Waals surface area contributed by atoms with E-state index in [-0.39, 0.29) is 30.3 Å². The van der Waals surface area contributed by atoms with Crippen LogP contribution in [0.3, 0.4) is 0 Å². The number of benzene rings is 1. The predicted molar refractivity (Wildman–Crippen MR) is 108 cm³/mol. The molecule has 0 saturated heterocycles. The van der Waals surface area contributed by atoms with Gasteiger partial charge in [-0.15, -0.1) is 11.8 Å². The Morgan fingerprint density at radius 1 is 1.30 bits per heavy atom. The lowest BCUT2D eigenvalue weighted by molar-refractivity contribution is -0.118. The number of hydrogen-bond acceptors (Lipinski definition) is 7. The number of amidine groups is 1. The van der Waals surface area contributed by atoms with Crippen molar-refractivity contribution < 1.29 is 19.1 Å². The van der Waals surface area contributed by atoms with Gasteiger partial charge < -0.3 is 14.8 Å². The van der Waals surface area contributed by atoms with E-state index in [4.69, 9.17) is 9.47 Å². The van der Waals surface area contributed by atoms with E-state index >= 15 is 0 Å². The van der Waals surface area contributed by atoms with E-state index in [1.54, 1.807) is 18.2 Å². The van der Waals surface area contributed by atoms with E-state index in [0.29, 0.717) is 28.8 Å². The Hall–Kier alpha value is -2.26. The molecule has 1 unspecified atom stereocenters. The van der Waals surface area contributed by atoms with Gasteiger partial charge in [0, 0.05) is 11.8 Å². The van der Waals surface area contributed by atoms with Crippen molar-refractivity contribution in [1.82, 2.24) is 0 Å². The second kappa shape index (κ2) is 7.40. The molecule has 140 valence electrons. The van der Waals surface area contributed by atoms with Crippen molar-refractivity contribution in [3.63, 3.8) is 0 Å². The smallest absolute Gasteiger partial charge is 0.261 e. The molecule has 0 aromatic heterocycles. The van der Waals surface area contributed by atoms with Crippen LogP contribution in [0.4, 0.5) is 5.69 Å². The van der Waals surface area contributed by atoms with E-state index in [1.165, 1.54) is 23.5 Å². The van der Waals surface area contributed by atoms with Crippen molar-refractivity contribution in [1.29, 1.82) is 0 Å². The third kappa shape index (κ3) is 3.74. The van der Waals surface area contributed by atoms with E-state index in [9.17, 15) is 9.59 Å². The fourth-order valence-corrected chi connectivity index (χ4v) is 4.69. The van der Waals surface area contributed by atoms with Gasteiger partial charge in [-0.25, -0.2) is 4.99 Å². The maximum atomic E-state index is 12.2. The molecule has 0 radical (unpaired) electrons. The van der Waals surface area contributed by atoms with Gasteiger partial charge in [-0.1, -0.05) is 11.8 Å². The van der Waals surface area contributed by atoms with Gasteiger partial charge >= 0.3 is 0 Å². The molecule has 2 amide bonds. The molecular formula is C18H17N3O4S2. The third-order valence-corrected chi connectivity index (χ3v) is 6.43. The minimum absolute atomic E-state index is 0.143. The van der Waals surface area contributed by atoms with Gasteiger partial charge in [0.1, 0.15) is 11.8 Å². The van der Waals surface area contributed by atoms with Crippen LogP contribution in [0, 0.1) is 5.92 Å². The van der Waals surface area contributed by atoms with Crippen molar-refractivity contribution >= 4 is 51.9 Å². The van der Waals surface area contributed by atoms with Crippen molar-refractivity contribution in [2.24, 2.45) is 15.9 Å². The first-order valence-electron chi connectivity index (χ1n) is 8.34. The maximum absolute atomic E-state index is 12.2. The largest absolute Gasteiger partial charge is 0.454 e. The zero-order valence-corrected chi connectivity index (χ0v) is 16.4. The lowest BCUT2D eigenvalue weighted by atomic mass is 10.0. The first kappa shape index (κ1) is 18.1. The summed E-state index contributed by atoms with van der Waals surface area (Å²) in [6.45, 7) is 4.13. The Kier molecular flexibility index (Phi) is 4.96. The number of fused-ring (bicyclic) bond motifs is 2. The highest BCUT2D eigenvalue weighted by Gasteiger charge is 2.36. The molecule has 0 aliphatic carbocycles. The Labute approximate surface area is 164 Å². The summed E-state index contributed by atoms with van der Waals surface area (Å²) in [5.74, 6) is 1.80. The number of nitrogens with one attached hydrogen (secondary N) is 1. The number of anilines is 1. The minimum atomic E-state index is -0.307. The summed E-state index contributed by atoms with van der Waals surface area (Å²) >= 11 is 2.90. The lowest BCUT2D eigenvalue weighted by Crippen LogP contribution is -2.26. The van der Waals surface area contributed by atoms with Crippen LogP contribution in [0.1, 0.15) is 13.8 Å². The molecule has 9 heteroatoms. The summed E-state index contributed by atoms with van der Waals surface area (Å²) in [6, 6.07) is 5.26. The molecule has 0 fully saturated rings. The maximum Gasteiger partial charge on any atom is 0.261 e. The van der Waals surface area contributed by atoms with Crippen LogP contribution < -0.4 is 14.8 Å². The fourth-order valence-electron chi connectivity index (χ4n) is 2.88. The molecule has 3 aliphatic rings. The van der Waals surface area contributed by atoms with Gasteiger partial charge in [0.15, 0.2) is 11.5 Å². The second-order valence-corrected chi connectivity index (χ2v) is 8.42. The molecule has 1 atom stereocenters. The van der Waals surface area contributed by atoms with Crippen molar-refractivity contribution in [2.75, 3.05) is 23.6 Å². The van der Waals surface area contributed by atoms with Gasteiger partial charge in [-0.05, 0) is 36.5 Å². The van der Waals surface area contributed by atoms with Gasteiger partial charge in [-0.3, -0.25) is 9.59 Å². The SMILES string of the molecule is CC1=C(C)C2C(=O)N=C(CSCC(=O)Nc3ccc4c(c3)OCO4)N=C2S1. The monoisotopic (exact) mass is 403 g/mol. The molecule has 7 nitrogen and oxygen atoms in total. The minimum Gasteiger partial charge on any atom is -0.454 e. The van der Waals surface area contributed by atoms with Crippen LogP contribution >= 0.6 is 23.5 Å². The normalized spacial score (nSPS) is 20.4. The van der Waals surface area contributed by atoms with Crippen LogP contribution in [0.2, 0.25) is 0 Å². The van der Waals surface area contributed by atoms with Crippen molar-refractivity contribution in [3.05, 3.63) is 28.7 Å². The zero-order valence-electron chi connectivity index (χ0n) is 14.8. The van der Waals surface area contributed by atoms with E-state index in [2.05, 4.69) is 15.3 Å². The van der Waals surface area contributed by atoms with Gasteiger partial charge in [0.25, 0.3) is 5.91 Å². The number of allylic oxidation sites excluding steroid dienone is 1. The molecule has 4 rings (SSSR count). The van der Waals surface area contributed by atoms with Crippen LogP contribution in [-0.2, 0) is 9.59 Å². The number of thioether (sulfide) groups is 2. The highest BCUT2D eigenvalue weighted by atomic mass is 32.2. The van der Waals surface area contributed by atoms with Crippen LogP contribution in [0.15, 0.2) is 38.7 Å². The average Bonchev–Trinajstić information content (AvgIpc) is 3.19. The van der Waals surface area contributed by atoms with Crippen molar-refractivity contribution in [2.45, 2.75) is 13.8 Å². The summed E-state index contributed by atoms with van der Waals surface area (Å²) in [7, 11) is 0. The van der Waals surface area contributed by atoms with E-state index in [0.717, 1.165) is 15.5 Å².